The molecule has 1 aromatic rings. The van der Waals surface area contributed by atoms with Crippen LogP contribution in [0.2, 0.25) is 0 Å². The van der Waals surface area contributed by atoms with Gasteiger partial charge in [-0.1, -0.05) is 99.0 Å². The Kier molecular flexibility index (Phi) is 9.17. The fourth-order valence-electron chi connectivity index (χ4n) is 5.77. The maximum atomic E-state index is 11.0. The van der Waals surface area contributed by atoms with Crippen LogP contribution in [0.3, 0.4) is 0 Å². The van der Waals surface area contributed by atoms with Gasteiger partial charge in [-0.3, -0.25) is 0 Å². The molecule has 2 aliphatic carbocycles. The van der Waals surface area contributed by atoms with Crippen LogP contribution >= 0.6 is 0 Å². The van der Waals surface area contributed by atoms with E-state index in [0.29, 0.717) is 23.7 Å². The first-order valence-electron chi connectivity index (χ1n) is 13.7. The summed E-state index contributed by atoms with van der Waals surface area (Å²) >= 11 is 0. The Labute approximate surface area is 203 Å². The molecular weight excluding hydrogens is 408 g/mol. The molecular formula is C30H50O3. The van der Waals surface area contributed by atoms with Gasteiger partial charge in [0.1, 0.15) is 0 Å². The Balaban J connectivity index is 1.75. The fraction of sp³-hybridized carbons (Fsp3) is 0.800. The highest BCUT2D eigenvalue weighted by molar-refractivity contribution is 5.43. The summed E-state index contributed by atoms with van der Waals surface area (Å²) in [5.41, 5.74) is 1.54. The van der Waals surface area contributed by atoms with Crippen molar-refractivity contribution in [2.75, 3.05) is 0 Å². The number of benzene rings is 1. The van der Waals surface area contributed by atoms with Crippen LogP contribution < -0.4 is 4.74 Å². The number of hydrogen-bond acceptors (Lipinski definition) is 3. The summed E-state index contributed by atoms with van der Waals surface area (Å²) in [6.45, 7) is 13.8. The lowest BCUT2D eigenvalue weighted by molar-refractivity contribution is -0.139. The van der Waals surface area contributed by atoms with Crippen molar-refractivity contribution in [1.29, 1.82) is 0 Å². The molecule has 3 rings (SSSR count). The second-order valence-electron chi connectivity index (χ2n) is 13.1. The number of aromatic hydroxyl groups is 1. The van der Waals surface area contributed by atoms with Crippen molar-refractivity contribution in [3.8, 4) is 11.5 Å². The first-order valence-corrected chi connectivity index (χ1v) is 13.7. The Bertz CT molecular complexity index is 695. The van der Waals surface area contributed by atoms with Crippen molar-refractivity contribution in [3.05, 3.63) is 23.8 Å². The largest absolute Gasteiger partial charge is 0.504 e. The van der Waals surface area contributed by atoms with Crippen molar-refractivity contribution in [3.63, 3.8) is 0 Å². The van der Waals surface area contributed by atoms with Gasteiger partial charge in [-0.2, -0.15) is 0 Å². The number of phenols is 1. The Morgan fingerprint density at radius 2 is 1.48 bits per heavy atom. The lowest BCUT2D eigenvalue weighted by atomic mass is 9.69. The lowest BCUT2D eigenvalue weighted by Gasteiger charge is -2.36. The second kappa shape index (κ2) is 11.5. The quantitative estimate of drug-likeness (QED) is 0.395. The van der Waals surface area contributed by atoms with Crippen molar-refractivity contribution in [2.45, 2.75) is 137 Å². The zero-order valence-corrected chi connectivity index (χ0v) is 22.3. The number of phenolic OH excluding ortho intramolecular Hbond substituents is 1. The average molecular weight is 459 g/mol. The molecule has 0 aromatic heterocycles. The molecule has 3 nitrogen and oxygen atoms in total. The molecule has 0 saturated heterocycles. The molecule has 2 aliphatic rings. The fourth-order valence-corrected chi connectivity index (χ4v) is 5.77. The van der Waals surface area contributed by atoms with E-state index >= 15 is 0 Å². The SMILES string of the molecule is CC(C)(C)CC(c1ccc(OC(CC2CCCCC2)OC2CCCCC2)c(O)c1)C(C)(C)C. The van der Waals surface area contributed by atoms with E-state index in [1.165, 1.54) is 56.9 Å². The Hall–Kier alpha value is -1.22. The maximum Gasteiger partial charge on any atom is 0.200 e. The van der Waals surface area contributed by atoms with Gasteiger partial charge in [0, 0.05) is 6.42 Å². The molecule has 0 bridgehead atoms. The van der Waals surface area contributed by atoms with Gasteiger partial charge in [0.2, 0.25) is 6.29 Å². The van der Waals surface area contributed by atoms with Gasteiger partial charge < -0.3 is 14.6 Å². The summed E-state index contributed by atoms with van der Waals surface area (Å²) in [6, 6.07) is 6.08. The lowest BCUT2D eigenvalue weighted by Crippen LogP contribution is -2.31. The maximum absolute atomic E-state index is 11.0. The molecule has 2 saturated carbocycles. The zero-order chi connectivity index (χ0) is 24.1. The van der Waals surface area contributed by atoms with E-state index in [1.54, 1.807) is 0 Å². The monoisotopic (exact) mass is 458 g/mol. The molecule has 2 fully saturated rings. The topological polar surface area (TPSA) is 38.7 Å². The minimum Gasteiger partial charge on any atom is -0.504 e. The van der Waals surface area contributed by atoms with Crippen molar-refractivity contribution in [2.24, 2.45) is 16.7 Å². The van der Waals surface area contributed by atoms with Crippen molar-refractivity contribution < 1.29 is 14.6 Å². The molecule has 1 N–H and O–H groups in total. The van der Waals surface area contributed by atoms with Gasteiger partial charge in [0.15, 0.2) is 11.5 Å². The molecule has 3 heteroatoms. The summed E-state index contributed by atoms with van der Waals surface area (Å²) in [5, 5.41) is 11.0. The predicted octanol–water partition coefficient (Wildman–Crippen LogP) is 8.98. The van der Waals surface area contributed by atoms with E-state index in [4.69, 9.17) is 9.47 Å². The van der Waals surface area contributed by atoms with Gasteiger partial charge in [-0.15, -0.1) is 0 Å². The molecule has 0 amide bonds. The smallest absolute Gasteiger partial charge is 0.200 e. The Morgan fingerprint density at radius 3 is 2.03 bits per heavy atom. The third-order valence-corrected chi connectivity index (χ3v) is 7.65. The van der Waals surface area contributed by atoms with E-state index in [1.807, 2.05) is 12.1 Å². The van der Waals surface area contributed by atoms with Gasteiger partial charge >= 0.3 is 0 Å². The summed E-state index contributed by atoms with van der Waals surface area (Å²) < 4.78 is 12.9. The average Bonchev–Trinajstić information content (AvgIpc) is 2.73. The first-order chi connectivity index (χ1) is 15.5. The highest BCUT2D eigenvalue weighted by Gasteiger charge is 2.31. The molecule has 2 unspecified atom stereocenters. The molecule has 33 heavy (non-hydrogen) atoms. The molecule has 2 atom stereocenters. The van der Waals surface area contributed by atoms with Crippen LogP contribution in [0.4, 0.5) is 0 Å². The zero-order valence-electron chi connectivity index (χ0n) is 22.3. The highest BCUT2D eigenvalue weighted by Crippen LogP contribution is 2.45. The predicted molar refractivity (Wildman–Crippen MR) is 138 cm³/mol. The normalized spacial score (nSPS) is 21.0. The van der Waals surface area contributed by atoms with Crippen LogP contribution in [0.5, 0.6) is 11.5 Å². The van der Waals surface area contributed by atoms with Crippen molar-refractivity contribution >= 4 is 0 Å². The number of hydrogen-bond donors (Lipinski definition) is 1. The van der Waals surface area contributed by atoms with E-state index in [-0.39, 0.29) is 22.9 Å². The first kappa shape index (κ1) is 26.4. The van der Waals surface area contributed by atoms with E-state index in [2.05, 4.69) is 47.6 Å². The van der Waals surface area contributed by atoms with Crippen molar-refractivity contribution in [1.82, 2.24) is 0 Å². The standard InChI is InChI=1S/C30H50O3/c1-29(2,3)21-25(30(4,5)6)23-17-18-27(26(31)20-23)33-28(19-22-13-9-7-10-14-22)32-24-15-11-8-12-16-24/h17-18,20,22,24-25,28,31H,7-16,19,21H2,1-6H3. The Morgan fingerprint density at radius 1 is 0.879 bits per heavy atom. The summed E-state index contributed by atoms with van der Waals surface area (Å²) in [7, 11) is 0. The minimum atomic E-state index is -0.263. The third-order valence-electron chi connectivity index (χ3n) is 7.65. The molecule has 0 radical (unpaired) electrons. The van der Waals surface area contributed by atoms with Gasteiger partial charge in [-0.05, 0) is 59.6 Å². The second-order valence-corrected chi connectivity index (χ2v) is 13.1. The molecule has 1 aromatic carbocycles. The van der Waals surface area contributed by atoms with Crippen LogP contribution in [0.1, 0.15) is 130 Å². The van der Waals surface area contributed by atoms with Crippen LogP contribution in [0.25, 0.3) is 0 Å². The highest BCUT2D eigenvalue weighted by atomic mass is 16.7. The summed E-state index contributed by atoms with van der Waals surface area (Å²) in [6.07, 6.45) is 14.7. The summed E-state index contributed by atoms with van der Waals surface area (Å²) in [5.74, 6) is 1.86. The van der Waals surface area contributed by atoms with Gasteiger partial charge in [0.05, 0.1) is 6.10 Å². The van der Waals surface area contributed by atoms with Crippen LogP contribution in [0.15, 0.2) is 18.2 Å². The number of ether oxygens (including phenoxy) is 2. The van der Waals surface area contributed by atoms with Gasteiger partial charge in [-0.25, -0.2) is 0 Å². The molecule has 188 valence electrons. The minimum absolute atomic E-state index is 0.121. The number of rotatable bonds is 8. The third kappa shape index (κ3) is 8.50. The van der Waals surface area contributed by atoms with Gasteiger partial charge in [0.25, 0.3) is 0 Å². The van der Waals surface area contributed by atoms with E-state index in [9.17, 15) is 5.11 Å². The molecule has 0 heterocycles. The van der Waals surface area contributed by atoms with Crippen LogP contribution in [-0.4, -0.2) is 17.5 Å². The molecule has 0 aliphatic heterocycles. The summed E-state index contributed by atoms with van der Waals surface area (Å²) in [4.78, 5) is 0. The molecule has 0 spiro atoms. The van der Waals surface area contributed by atoms with E-state index in [0.717, 1.165) is 25.7 Å². The van der Waals surface area contributed by atoms with Crippen LogP contribution in [-0.2, 0) is 4.74 Å². The van der Waals surface area contributed by atoms with E-state index < -0.39 is 0 Å². The van der Waals surface area contributed by atoms with Crippen LogP contribution in [0, 0.1) is 16.7 Å².